The van der Waals surface area contributed by atoms with Crippen molar-refractivity contribution in [3.8, 4) is 0 Å². The minimum absolute atomic E-state index is 0. The molecular formula is CH9N3S. The van der Waals surface area contributed by atoms with E-state index >= 15 is 0 Å². The highest BCUT2D eigenvalue weighted by Gasteiger charge is 1.66. The van der Waals surface area contributed by atoms with Crippen molar-refractivity contribution in [3.05, 3.63) is 0 Å². The highest BCUT2D eigenvalue weighted by Crippen LogP contribution is 1.40. The summed E-state index contributed by atoms with van der Waals surface area (Å²) in [5, 5.41) is 0.116. The minimum atomic E-state index is 0. The van der Waals surface area contributed by atoms with Crippen LogP contribution in [0.25, 0.3) is 0 Å². The van der Waals surface area contributed by atoms with Crippen molar-refractivity contribution in [2.24, 2.45) is 11.6 Å². The molecule has 0 heterocycles. The van der Waals surface area contributed by atoms with E-state index in [2.05, 4.69) is 18.1 Å². The molecule has 0 aromatic carbocycles. The number of rotatable bonds is 0. The van der Waals surface area contributed by atoms with Crippen molar-refractivity contribution >= 4 is 17.3 Å². The van der Waals surface area contributed by atoms with Crippen LogP contribution in [0.4, 0.5) is 0 Å². The zero-order chi connectivity index (χ0) is 4.28. The van der Waals surface area contributed by atoms with Crippen molar-refractivity contribution in [1.29, 1.82) is 0 Å². The van der Waals surface area contributed by atoms with Gasteiger partial charge in [-0.15, -0.1) is 0 Å². The van der Waals surface area contributed by atoms with E-state index in [1.165, 1.54) is 0 Å². The molecule has 0 saturated carbocycles. The lowest BCUT2D eigenvalue weighted by Gasteiger charge is -1.85. The summed E-state index contributed by atoms with van der Waals surface area (Å²) in [7, 11) is 0. The second-order valence-corrected chi connectivity index (χ2v) is 0.948. The zero-order valence-corrected chi connectivity index (χ0v) is 3.38. The molecule has 4 heteroatoms. The molecule has 5 N–H and O–H groups in total. The number of thiocarbonyl (C=S) groups is 1. The first-order chi connectivity index (χ1) is 2.27. The molecule has 0 spiro atoms. The molecule has 5 heavy (non-hydrogen) atoms. The first kappa shape index (κ1) is 4.65. The van der Waals surface area contributed by atoms with E-state index in [9.17, 15) is 0 Å². The van der Waals surface area contributed by atoms with Gasteiger partial charge in [-0.05, 0) is 12.2 Å². The van der Waals surface area contributed by atoms with E-state index in [0.29, 0.717) is 0 Å². The molecule has 3 nitrogen and oxygen atoms in total. The van der Waals surface area contributed by atoms with Gasteiger partial charge in [-0.3, -0.25) is 0 Å². The van der Waals surface area contributed by atoms with Crippen molar-refractivity contribution in [2.45, 2.75) is 0 Å². The molecule has 0 radical (unpaired) electrons. The van der Waals surface area contributed by atoms with Crippen LogP contribution in [-0.4, -0.2) is 5.11 Å². The highest BCUT2D eigenvalue weighted by atomic mass is 32.1. The second kappa shape index (κ2) is 1.92. The van der Waals surface area contributed by atoms with Crippen molar-refractivity contribution in [2.75, 3.05) is 0 Å². The number of nitrogens with one attached hydrogen (secondary N) is 1. The normalized spacial score (nSPS) is 6.60. The maximum absolute atomic E-state index is 4.79. The molecule has 34 valence electrons. The maximum Gasteiger partial charge on any atom is 0.177 e. The summed E-state index contributed by atoms with van der Waals surface area (Å²) < 4.78 is 0. The Morgan fingerprint density at radius 1 is 2.00 bits per heavy atom. The molecule has 0 unspecified atom stereocenters. The van der Waals surface area contributed by atoms with Crippen LogP contribution < -0.4 is 17.0 Å². The van der Waals surface area contributed by atoms with Gasteiger partial charge in [-0.25, -0.2) is 5.84 Å². The molecule has 0 saturated heterocycles. The Morgan fingerprint density at radius 2 is 2.20 bits per heavy atom. The maximum atomic E-state index is 4.79. The van der Waals surface area contributed by atoms with Gasteiger partial charge in [-0.2, -0.15) is 0 Å². The Hall–Kier alpha value is -0.350. The van der Waals surface area contributed by atoms with Gasteiger partial charge < -0.3 is 11.2 Å². The van der Waals surface area contributed by atoms with Gasteiger partial charge in [0.2, 0.25) is 0 Å². The van der Waals surface area contributed by atoms with E-state index in [0.717, 1.165) is 0 Å². The molecule has 0 atom stereocenters. The lowest BCUT2D eigenvalue weighted by atomic mass is 11.2. The van der Waals surface area contributed by atoms with Crippen LogP contribution in [0.5, 0.6) is 0 Å². The lowest BCUT2D eigenvalue weighted by molar-refractivity contribution is 1.03. The van der Waals surface area contributed by atoms with Gasteiger partial charge in [0.1, 0.15) is 0 Å². The molecular weight excluding hydrogens is 86.1 g/mol. The highest BCUT2D eigenvalue weighted by molar-refractivity contribution is 7.80. The van der Waals surface area contributed by atoms with Crippen LogP contribution in [0.3, 0.4) is 0 Å². The van der Waals surface area contributed by atoms with E-state index in [1.54, 1.807) is 0 Å². The van der Waals surface area contributed by atoms with E-state index in [-0.39, 0.29) is 7.97 Å². The summed E-state index contributed by atoms with van der Waals surface area (Å²) in [4.78, 5) is 0. The van der Waals surface area contributed by atoms with Crippen LogP contribution >= 0.6 is 12.2 Å². The standard InChI is InChI=1S/CH5N3S.2H2/c2-1(5)4-3;;/h3H2,(H3,2,4,5);2*1H. The molecule has 0 aliphatic rings. The molecule has 0 fully saturated rings. The fraction of sp³-hybridized carbons (Fsp3) is 0. The quantitative estimate of drug-likeness (QED) is 0.209. The van der Waals surface area contributed by atoms with E-state index in [1.807, 2.05) is 5.43 Å². The number of nitrogens with two attached hydrogens (primary N) is 2. The summed E-state index contributed by atoms with van der Waals surface area (Å²) in [5.41, 5.74) is 6.82. The van der Waals surface area contributed by atoms with Crippen molar-refractivity contribution < 1.29 is 2.85 Å². The van der Waals surface area contributed by atoms with Gasteiger partial charge in [-0.1, -0.05) is 0 Å². The average Bonchev–Trinajstić information content (AvgIpc) is 1.38. The third-order valence-corrected chi connectivity index (χ3v) is 0.260. The Bertz CT molecular complexity index is 48.2. The van der Waals surface area contributed by atoms with Crippen molar-refractivity contribution in [3.63, 3.8) is 0 Å². The van der Waals surface area contributed by atoms with Crippen LogP contribution in [0, 0.1) is 0 Å². The third kappa shape index (κ3) is 3.65. The first-order valence-corrected chi connectivity index (χ1v) is 1.44. The van der Waals surface area contributed by atoms with E-state index < -0.39 is 0 Å². The molecule has 0 rings (SSSR count). The van der Waals surface area contributed by atoms with Gasteiger partial charge >= 0.3 is 0 Å². The molecule has 0 aromatic rings. The van der Waals surface area contributed by atoms with Crippen molar-refractivity contribution in [1.82, 2.24) is 5.43 Å². The summed E-state index contributed by atoms with van der Waals surface area (Å²) in [6, 6.07) is 0. The SMILES string of the molecule is NNC(N)=S.[HH].[HH]. The van der Waals surface area contributed by atoms with Gasteiger partial charge in [0.25, 0.3) is 0 Å². The largest absolute Gasteiger partial charge is 0.375 e. The predicted molar refractivity (Wildman–Crippen MR) is 28.3 cm³/mol. The van der Waals surface area contributed by atoms with Crippen LogP contribution in [0.2, 0.25) is 0 Å². The van der Waals surface area contributed by atoms with Gasteiger partial charge in [0, 0.05) is 2.85 Å². The zero-order valence-electron chi connectivity index (χ0n) is 2.56. The third-order valence-electron chi connectivity index (χ3n) is 0.142. The van der Waals surface area contributed by atoms with Crippen LogP contribution in [-0.2, 0) is 0 Å². The number of hydrazine groups is 1. The van der Waals surface area contributed by atoms with Crippen LogP contribution in [0.1, 0.15) is 2.85 Å². The summed E-state index contributed by atoms with van der Waals surface area (Å²) in [6.07, 6.45) is 0. The lowest BCUT2D eigenvalue weighted by Crippen LogP contribution is -2.34. The Balaban J connectivity index is -0.0000000800. The Kier molecular flexibility index (Phi) is 1.79. The fourth-order valence-corrected chi connectivity index (χ4v) is 0. The van der Waals surface area contributed by atoms with Crippen LogP contribution in [0.15, 0.2) is 0 Å². The predicted octanol–water partition coefficient (Wildman–Crippen LogP) is -0.815. The second-order valence-electron chi connectivity index (χ2n) is 0.509. The summed E-state index contributed by atoms with van der Waals surface area (Å²) in [5.74, 6) is 4.66. The molecule has 0 amide bonds. The minimum Gasteiger partial charge on any atom is -0.375 e. The topological polar surface area (TPSA) is 64.1 Å². The number of hydrogen-bond acceptors (Lipinski definition) is 2. The fourth-order valence-electron chi connectivity index (χ4n) is 0. The monoisotopic (exact) mass is 95.1 g/mol. The molecule has 0 bridgehead atoms. The first-order valence-electron chi connectivity index (χ1n) is 1.03. The Morgan fingerprint density at radius 3 is 2.20 bits per heavy atom. The molecule has 0 aliphatic heterocycles. The number of hydrogen-bond donors (Lipinski definition) is 3. The molecule has 0 aliphatic carbocycles. The summed E-state index contributed by atoms with van der Waals surface area (Å²) in [6.45, 7) is 0. The Labute approximate surface area is 38.3 Å². The average molecular weight is 95.2 g/mol. The van der Waals surface area contributed by atoms with Gasteiger partial charge in [0.15, 0.2) is 5.11 Å². The van der Waals surface area contributed by atoms with Gasteiger partial charge in [0.05, 0.1) is 0 Å². The summed E-state index contributed by atoms with van der Waals surface area (Å²) >= 11 is 4.24. The van der Waals surface area contributed by atoms with E-state index in [4.69, 9.17) is 5.73 Å². The smallest absolute Gasteiger partial charge is 0.177 e. The molecule has 0 aromatic heterocycles.